The van der Waals surface area contributed by atoms with E-state index < -0.39 is 0 Å². The van der Waals surface area contributed by atoms with Crippen molar-refractivity contribution in [2.45, 2.75) is 25.6 Å². The Morgan fingerprint density at radius 1 is 1.47 bits per heavy atom. The third kappa shape index (κ3) is 2.18. The van der Waals surface area contributed by atoms with Crippen LogP contribution in [-0.2, 0) is 13.0 Å². The van der Waals surface area contributed by atoms with Gasteiger partial charge in [-0.15, -0.1) is 11.3 Å². The minimum atomic E-state index is -0.291. The smallest absolute Gasteiger partial charge is 0.124 e. The number of benzene rings is 1. The molecule has 1 aliphatic carbocycles. The first-order valence-corrected chi connectivity index (χ1v) is 6.52. The number of fused-ring (bicyclic) bond motifs is 1. The largest absolute Gasteiger partial charge is 0.488 e. The fourth-order valence-corrected chi connectivity index (χ4v) is 2.63. The summed E-state index contributed by atoms with van der Waals surface area (Å²) in [4.78, 5) is 5.12. The maximum absolute atomic E-state index is 9.70. The first kappa shape index (κ1) is 10.7. The molecule has 1 N–H and O–H groups in total. The lowest BCUT2D eigenvalue weighted by atomic mass is 10.1. The monoisotopic (exact) mass is 247 g/mol. The van der Waals surface area contributed by atoms with E-state index in [0.717, 1.165) is 29.0 Å². The molecule has 2 aromatic rings. The summed E-state index contributed by atoms with van der Waals surface area (Å²) in [5.74, 6) is 0.867. The predicted octanol–water partition coefficient (Wildman–Crippen LogP) is 2.70. The second kappa shape index (κ2) is 4.47. The molecule has 3 nitrogen and oxygen atoms in total. The maximum atomic E-state index is 9.70. The average molecular weight is 247 g/mol. The van der Waals surface area contributed by atoms with Crippen LogP contribution in [0.4, 0.5) is 0 Å². The van der Waals surface area contributed by atoms with Gasteiger partial charge in [0, 0.05) is 6.20 Å². The van der Waals surface area contributed by atoms with Crippen LogP contribution in [-0.4, -0.2) is 10.1 Å². The van der Waals surface area contributed by atoms with Crippen LogP contribution in [0.2, 0.25) is 0 Å². The first-order valence-electron chi connectivity index (χ1n) is 5.64. The highest BCUT2D eigenvalue weighted by Crippen LogP contribution is 2.33. The van der Waals surface area contributed by atoms with Gasteiger partial charge < -0.3 is 9.84 Å². The number of nitrogens with zero attached hydrogens (tertiary/aromatic N) is 1. The van der Waals surface area contributed by atoms with E-state index in [2.05, 4.69) is 4.98 Å². The quantitative estimate of drug-likeness (QED) is 0.906. The lowest BCUT2D eigenvalue weighted by molar-refractivity contribution is 0.180. The van der Waals surface area contributed by atoms with Gasteiger partial charge in [-0.25, -0.2) is 0 Å². The zero-order chi connectivity index (χ0) is 11.7. The van der Waals surface area contributed by atoms with E-state index in [-0.39, 0.29) is 6.10 Å². The molecule has 0 unspecified atom stereocenters. The van der Waals surface area contributed by atoms with Gasteiger partial charge in [-0.1, -0.05) is 6.07 Å². The van der Waals surface area contributed by atoms with Gasteiger partial charge in [0.1, 0.15) is 12.4 Å². The Bertz CT molecular complexity index is 510. The minimum absolute atomic E-state index is 0.291. The highest BCUT2D eigenvalue weighted by Gasteiger charge is 2.20. The van der Waals surface area contributed by atoms with E-state index in [1.54, 1.807) is 16.8 Å². The van der Waals surface area contributed by atoms with E-state index in [4.69, 9.17) is 4.74 Å². The van der Waals surface area contributed by atoms with E-state index in [1.807, 2.05) is 24.4 Å². The van der Waals surface area contributed by atoms with Crippen molar-refractivity contribution in [1.29, 1.82) is 0 Å². The van der Waals surface area contributed by atoms with Crippen molar-refractivity contribution < 1.29 is 9.84 Å². The van der Waals surface area contributed by atoms with Crippen LogP contribution >= 0.6 is 11.3 Å². The summed E-state index contributed by atoms with van der Waals surface area (Å²) >= 11 is 1.59. The summed E-state index contributed by atoms with van der Waals surface area (Å²) in [6.07, 6.45) is 3.30. The summed E-state index contributed by atoms with van der Waals surface area (Å²) in [6, 6.07) is 5.93. The Hall–Kier alpha value is -1.39. The number of hydrogen-bond donors (Lipinski definition) is 1. The van der Waals surface area contributed by atoms with E-state index in [9.17, 15) is 5.11 Å². The van der Waals surface area contributed by atoms with Gasteiger partial charge in [0.05, 0.1) is 16.5 Å². The van der Waals surface area contributed by atoms with E-state index >= 15 is 0 Å². The molecule has 3 rings (SSSR count). The lowest BCUT2D eigenvalue weighted by Crippen LogP contribution is -1.95. The van der Waals surface area contributed by atoms with Crippen molar-refractivity contribution in [2.24, 2.45) is 0 Å². The third-order valence-electron chi connectivity index (χ3n) is 3.03. The van der Waals surface area contributed by atoms with Crippen LogP contribution in [0.3, 0.4) is 0 Å². The Balaban J connectivity index is 1.72. The molecule has 1 aromatic heterocycles. The molecule has 1 aliphatic rings. The molecule has 0 bridgehead atoms. The predicted molar refractivity (Wildman–Crippen MR) is 66.2 cm³/mol. The summed E-state index contributed by atoms with van der Waals surface area (Å²) in [5, 5.41) is 9.70. The van der Waals surface area contributed by atoms with E-state index in [0.29, 0.717) is 6.61 Å². The van der Waals surface area contributed by atoms with Gasteiger partial charge in [-0.3, -0.25) is 4.98 Å². The Kier molecular flexibility index (Phi) is 2.82. The Morgan fingerprint density at radius 2 is 2.41 bits per heavy atom. The molecule has 1 heterocycles. The van der Waals surface area contributed by atoms with Crippen LogP contribution in [0.25, 0.3) is 0 Å². The number of thiazole rings is 1. The zero-order valence-electron chi connectivity index (χ0n) is 9.30. The van der Waals surface area contributed by atoms with Crippen molar-refractivity contribution in [3.63, 3.8) is 0 Å². The molecular weight excluding hydrogens is 234 g/mol. The third-order valence-corrected chi connectivity index (χ3v) is 3.78. The number of aliphatic hydroxyl groups excluding tert-OH is 1. The molecule has 1 atom stereocenters. The van der Waals surface area contributed by atoms with Crippen LogP contribution in [0.15, 0.2) is 29.9 Å². The Morgan fingerprint density at radius 3 is 3.24 bits per heavy atom. The number of ether oxygens (including phenoxy) is 1. The van der Waals surface area contributed by atoms with Crippen LogP contribution in [0.1, 0.15) is 28.5 Å². The maximum Gasteiger partial charge on any atom is 0.124 e. The second-order valence-electron chi connectivity index (χ2n) is 4.17. The number of hydrogen-bond acceptors (Lipinski definition) is 4. The highest BCUT2D eigenvalue weighted by molar-refractivity contribution is 7.09. The standard InChI is InChI=1S/C13H13NO2S/c15-13-4-1-9-5-10(2-3-12(9)13)16-7-11-6-14-8-17-11/h2-3,5-6,8,13,15H,1,4,7H2/t13-/m0/s1. The van der Waals surface area contributed by atoms with Crippen molar-refractivity contribution in [2.75, 3.05) is 0 Å². The minimum Gasteiger partial charge on any atom is -0.488 e. The Labute approximate surface area is 104 Å². The molecule has 0 fully saturated rings. The van der Waals surface area contributed by atoms with Crippen LogP contribution in [0, 0.1) is 0 Å². The molecule has 0 amide bonds. The molecule has 17 heavy (non-hydrogen) atoms. The molecule has 1 aromatic carbocycles. The molecule has 0 aliphatic heterocycles. The summed E-state index contributed by atoms with van der Waals surface area (Å²) in [5.41, 5.74) is 4.06. The van der Waals surface area contributed by atoms with Gasteiger partial charge in [0.15, 0.2) is 0 Å². The fraction of sp³-hybridized carbons (Fsp3) is 0.308. The molecule has 0 saturated heterocycles. The van der Waals surface area contributed by atoms with Gasteiger partial charge >= 0.3 is 0 Å². The van der Waals surface area contributed by atoms with Crippen LogP contribution < -0.4 is 4.74 Å². The highest BCUT2D eigenvalue weighted by atomic mass is 32.1. The molecule has 4 heteroatoms. The van der Waals surface area contributed by atoms with Gasteiger partial charge in [-0.05, 0) is 36.1 Å². The lowest BCUT2D eigenvalue weighted by Gasteiger charge is -2.08. The number of aromatic nitrogens is 1. The SMILES string of the molecule is O[C@H]1CCc2cc(OCc3cncs3)ccc21. The van der Waals surface area contributed by atoms with Crippen molar-refractivity contribution in [3.05, 3.63) is 45.9 Å². The zero-order valence-corrected chi connectivity index (χ0v) is 10.1. The molecule has 0 saturated carbocycles. The first-order chi connectivity index (χ1) is 8.33. The molecule has 88 valence electrons. The fourth-order valence-electron chi connectivity index (χ4n) is 2.13. The topological polar surface area (TPSA) is 42.4 Å². The normalized spacial score (nSPS) is 18.1. The van der Waals surface area contributed by atoms with Crippen LogP contribution in [0.5, 0.6) is 5.75 Å². The van der Waals surface area contributed by atoms with E-state index in [1.165, 1.54) is 5.56 Å². The van der Waals surface area contributed by atoms with Gasteiger partial charge in [0.2, 0.25) is 0 Å². The van der Waals surface area contributed by atoms with Gasteiger partial charge in [0.25, 0.3) is 0 Å². The second-order valence-corrected chi connectivity index (χ2v) is 5.14. The molecular formula is C13H13NO2S. The summed E-state index contributed by atoms with van der Waals surface area (Å²) < 4.78 is 5.70. The number of rotatable bonds is 3. The number of aliphatic hydroxyl groups is 1. The average Bonchev–Trinajstić information content (AvgIpc) is 2.97. The van der Waals surface area contributed by atoms with Gasteiger partial charge in [-0.2, -0.15) is 0 Å². The van der Waals surface area contributed by atoms with Crippen molar-refractivity contribution in [3.8, 4) is 5.75 Å². The number of aryl methyl sites for hydroxylation is 1. The van der Waals surface area contributed by atoms with Crippen molar-refractivity contribution in [1.82, 2.24) is 4.98 Å². The summed E-state index contributed by atoms with van der Waals surface area (Å²) in [7, 11) is 0. The van der Waals surface area contributed by atoms with Crippen molar-refractivity contribution >= 4 is 11.3 Å². The summed E-state index contributed by atoms with van der Waals surface area (Å²) in [6.45, 7) is 0.562. The molecule has 0 radical (unpaired) electrons. The molecule has 0 spiro atoms.